The third kappa shape index (κ3) is 2.62. The van der Waals surface area contributed by atoms with Crippen molar-refractivity contribution < 1.29 is 9.53 Å². The fourth-order valence-corrected chi connectivity index (χ4v) is 1.60. The minimum atomic E-state index is -1.04. The van der Waals surface area contributed by atoms with Gasteiger partial charge in [0.15, 0.2) is 10.6 Å². The molecule has 0 amide bonds. The van der Waals surface area contributed by atoms with Crippen LogP contribution in [0.25, 0.3) is 0 Å². The lowest BCUT2D eigenvalue weighted by Crippen LogP contribution is -2.08. The quantitative estimate of drug-likeness (QED) is 0.631. The fourth-order valence-electron chi connectivity index (χ4n) is 0.939. The molecule has 0 aliphatic carbocycles. The number of ether oxygens (including phenoxy) is 1. The SMILES string of the molecule is COc1cc(C(=O)C(Cl)Cl)ccc1Br. The van der Waals surface area contributed by atoms with E-state index < -0.39 is 4.84 Å². The molecule has 0 spiro atoms. The lowest BCUT2D eigenvalue weighted by molar-refractivity contribution is 0.101. The minimum absolute atomic E-state index is 0.334. The molecule has 1 aromatic rings. The summed E-state index contributed by atoms with van der Waals surface area (Å²) >= 11 is 14.2. The average molecular weight is 298 g/mol. The molecule has 0 N–H and O–H groups in total. The Morgan fingerprint density at radius 2 is 2.14 bits per heavy atom. The van der Waals surface area contributed by atoms with Gasteiger partial charge in [-0.2, -0.15) is 0 Å². The van der Waals surface area contributed by atoms with E-state index in [1.165, 1.54) is 7.11 Å². The monoisotopic (exact) mass is 296 g/mol. The van der Waals surface area contributed by atoms with E-state index in [4.69, 9.17) is 27.9 Å². The van der Waals surface area contributed by atoms with Crippen LogP contribution in [0, 0.1) is 0 Å². The topological polar surface area (TPSA) is 26.3 Å². The molecule has 0 heterocycles. The maximum Gasteiger partial charge on any atom is 0.195 e. The summed E-state index contributed by atoms with van der Waals surface area (Å²) in [6.07, 6.45) is 0. The van der Waals surface area contributed by atoms with E-state index in [1.807, 2.05) is 0 Å². The fraction of sp³-hybridized carbons (Fsp3) is 0.222. The lowest BCUT2D eigenvalue weighted by Gasteiger charge is -2.06. The van der Waals surface area contributed by atoms with Crippen LogP contribution >= 0.6 is 39.1 Å². The van der Waals surface area contributed by atoms with Crippen molar-refractivity contribution in [2.75, 3.05) is 7.11 Å². The molecule has 0 unspecified atom stereocenters. The number of methoxy groups -OCH3 is 1. The molecule has 0 aromatic heterocycles. The van der Waals surface area contributed by atoms with Gasteiger partial charge in [0.05, 0.1) is 11.6 Å². The first-order valence-electron chi connectivity index (χ1n) is 3.72. The van der Waals surface area contributed by atoms with Crippen molar-refractivity contribution in [1.82, 2.24) is 0 Å². The smallest absolute Gasteiger partial charge is 0.195 e. The van der Waals surface area contributed by atoms with Gasteiger partial charge in [0.2, 0.25) is 0 Å². The van der Waals surface area contributed by atoms with E-state index in [2.05, 4.69) is 15.9 Å². The van der Waals surface area contributed by atoms with Crippen LogP contribution in [-0.4, -0.2) is 17.7 Å². The zero-order chi connectivity index (χ0) is 10.7. The van der Waals surface area contributed by atoms with Crippen molar-refractivity contribution in [2.45, 2.75) is 4.84 Å². The number of hydrogen-bond donors (Lipinski definition) is 0. The van der Waals surface area contributed by atoms with Crippen LogP contribution in [-0.2, 0) is 0 Å². The highest BCUT2D eigenvalue weighted by Gasteiger charge is 2.15. The summed E-state index contributed by atoms with van der Waals surface area (Å²) in [6, 6.07) is 4.93. The molecule has 0 saturated carbocycles. The summed E-state index contributed by atoms with van der Waals surface area (Å²) in [7, 11) is 1.52. The number of benzene rings is 1. The van der Waals surface area contributed by atoms with Crippen LogP contribution in [0.15, 0.2) is 22.7 Å². The third-order valence-corrected chi connectivity index (χ3v) is 2.69. The Balaban J connectivity index is 3.06. The number of ketones is 1. The maximum absolute atomic E-state index is 11.4. The molecule has 0 radical (unpaired) electrons. The normalized spacial score (nSPS) is 10.4. The molecule has 0 aliphatic heterocycles. The largest absolute Gasteiger partial charge is 0.496 e. The van der Waals surface area contributed by atoms with Gasteiger partial charge in [-0.3, -0.25) is 4.79 Å². The molecular weight excluding hydrogens is 291 g/mol. The molecule has 0 bridgehead atoms. The zero-order valence-electron chi connectivity index (χ0n) is 7.26. The third-order valence-electron chi connectivity index (χ3n) is 1.63. The predicted octanol–water partition coefficient (Wildman–Crippen LogP) is 3.44. The Kier molecular flexibility index (Phi) is 4.23. The second kappa shape index (κ2) is 5.01. The van der Waals surface area contributed by atoms with E-state index in [-0.39, 0.29) is 5.78 Å². The first kappa shape index (κ1) is 11.8. The van der Waals surface area contributed by atoms with Crippen LogP contribution in [0.1, 0.15) is 10.4 Å². The number of Topliss-reactive ketones (excluding diaryl/α,β-unsaturated/α-hetero) is 1. The van der Waals surface area contributed by atoms with Gasteiger partial charge in [-0.25, -0.2) is 0 Å². The molecule has 5 heteroatoms. The van der Waals surface area contributed by atoms with Crippen molar-refractivity contribution in [3.8, 4) is 5.75 Å². The lowest BCUT2D eigenvalue weighted by atomic mass is 10.1. The molecule has 76 valence electrons. The van der Waals surface area contributed by atoms with Crippen LogP contribution < -0.4 is 4.74 Å². The van der Waals surface area contributed by atoms with Crippen molar-refractivity contribution in [3.05, 3.63) is 28.2 Å². The zero-order valence-corrected chi connectivity index (χ0v) is 10.4. The van der Waals surface area contributed by atoms with Crippen LogP contribution in [0.3, 0.4) is 0 Å². The standard InChI is InChI=1S/C9H7BrCl2O2/c1-14-7-4-5(2-3-6(7)10)8(13)9(11)12/h2-4,9H,1H3. The van der Waals surface area contributed by atoms with Gasteiger partial charge in [0.1, 0.15) is 5.75 Å². The first-order valence-corrected chi connectivity index (χ1v) is 5.38. The summed E-state index contributed by atoms with van der Waals surface area (Å²) in [5.74, 6) is 0.240. The molecule has 1 rings (SSSR count). The van der Waals surface area contributed by atoms with Crippen molar-refractivity contribution in [3.63, 3.8) is 0 Å². The van der Waals surface area contributed by atoms with Gasteiger partial charge < -0.3 is 4.74 Å². The van der Waals surface area contributed by atoms with Crippen molar-refractivity contribution in [2.24, 2.45) is 0 Å². The van der Waals surface area contributed by atoms with Gasteiger partial charge in [-0.05, 0) is 34.1 Å². The maximum atomic E-state index is 11.4. The predicted molar refractivity (Wildman–Crippen MR) is 60.5 cm³/mol. The van der Waals surface area contributed by atoms with E-state index in [0.717, 1.165) is 4.47 Å². The highest BCUT2D eigenvalue weighted by atomic mass is 79.9. The Hall–Kier alpha value is -0.250. The Labute approximate surface area is 100 Å². The molecule has 0 saturated heterocycles. The minimum Gasteiger partial charge on any atom is -0.496 e. The van der Waals surface area contributed by atoms with Gasteiger partial charge in [0, 0.05) is 5.56 Å². The summed E-state index contributed by atoms with van der Waals surface area (Å²) in [5, 5.41) is 0. The molecule has 0 fully saturated rings. The van der Waals surface area contributed by atoms with Crippen LogP contribution in [0.2, 0.25) is 0 Å². The number of hydrogen-bond acceptors (Lipinski definition) is 2. The summed E-state index contributed by atoms with van der Waals surface area (Å²) < 4.78 is 5.81. The average Bonchev–Trinajstić information content (AvgIpc) is 2.17. The van der Waals surface area contributed by atoms with Crippen molar-refractivity contribution in [1.29, 1.82) is 0 Å². The first-order chi connectivity index (χ1) is 6.56. The number of alkyl halides is 2. The molecule has 2 nitrogen and oxygen atoms in total. The second-order valence-corrected chi connectivity index (χ2v) is 4.46. The van der Waals surface area contributed by atoms with Crippen molar-refractivity contribution >= 4 is 44.9 Å². The Morgan fingerprint density at radius 1 is 1.50 bits per heavy atom. The summed E-state index contributed by atoms with van der Waals surface area (Å²) in [6.45, 7) is 0. The number of rotatable bonds is 3. The van der Waals surface area contributed by atoms with E-state index in [9.17, 15) is 4.79 Å². The number of carbonyl (C=O) groups is 1. The Morgan fingerprint density at radius 3 is 2.64 bits per heavy atom. The number of carbonyl (C=O) groups excluding carboxylic acids is 1. The van der Waals surface area contributed by atoms with Crippen LogP contribution in [0.5, 0.6) is 5.75 Å². The highest BCUT2D eigenvalue weighted by molar-refractivity contribution is 9.10. The second-order valence-electron chi connectivity index (χ2n) is 2.51. The van der Waals surface area contributed by atoms with E-state index in [0.29, 0.717) is 11.3 Å². The molecule has 14 heavy (non-hydrogen) atoms. The van der Waals surface area contributed by atoms with Gasteiger partial charge in [-0.1, -0.05) is 23.2 Å². The summed E-state index contributed by atoms with van der Waals surface area (Å²) in [5.41, 5.74) is 0.431. The Bertz CT molecular complexity index is 353. The van der Waals surface area contributed by atoms with Crippen LogP contribution in [0.4, 0.5) is 0 Å². The molecule has 0 atom stereocenters. The summed E-state index contributed by atoms with van der Waals surface area (Å²) in [4.78, 5) is 10.3. The highest BCUT2D eigenvalue weighted by Crippen LogP contribution is 2.26. The molecule has 1 aromatic carbocycles. The molecule has 0 aliphatic rings. The van der Waals surface area contributed by atoms with Gasteiger partial charge in [-0.15, -0.1) is 0 Å². The van der Waals surface area contributed by atoms with Gasteiger partial charge in [0.25, 0.3) is 0 Å². The van der Waals surface area contributed by atoms with E-state index >= 15 is 0 Å². The molecular formula is C9H7BrCl2O2. The van der Waals surface area contributed by atoms with E-state index in [1.54, 1.807) is 18.2 Å². The van der Waals surface area contributed by atoms with Gasteiger partial charge >= 0.3 is 0 Å². The number of halogens is 3.